The molecule has 0 aliphatic heterocycles. The number of anilines is 1. The summed E-state index contributed by atoms with van der Waals surface area (Å²) < 4.78 is 5.35. The lowest BCUT2D eigenvalue weighted by Gasteiger charge is -2.18. The Morgan fingerprint density at radius 1 is 1.14 bits per heavy atom. The fourth-order valence-electron chi connectivity index (χ4n) is 2.39. The molecule has 10 heteroatoms. The number of nitrogens with one attached hydrogen (secondary N) is 1. The van der Waals surface area contributed by atoms with E-state index >= 15 is 0 Å². The van der Waals surface area contributed by atoms with E-state index in [9.17, 15) is 19.7 Å². The zero-order chi connectivity index (χ0) is 20.8. The van der Waals surface area contributed by atoms with Crippen molar-refractivity contribution in [3.63, 3.8) is 0 Å². The predicted octanol–water partition coefficient (Wildman–Crippen LogP) is 3.58. The van der Waals surface area contributed by atoms with Crippen LogP contribution in [-0.4, -0.2) is 26.8 Å². The molecule has 146 valence electrons. The highest BCUT2D eigenvalue weighted by Crippen LogP contribution is 2.28. The first-order chi connectivity index (χ1) is 14.0. The Morgan fingerprint density at radius 3 is 2.52 bits per heavy atom. The van der Waals surface area contributed by atoms with Crippen LogP contribution in [0.2, 0.25) is 5.02 Å². The fraction of sp³-hybridized carbons (Fsp3) is 0.0526. The Balaban J connectivity index is 1.85. The fourth-order valence-corrected chi connectivity index (χ4v) is 2.61. The van der Waals surface area contributed by atoms with Crippen LogP contribution in [0.4, 0.5) is 11.4 Å². The number of non-ortho nitro benzene ring substituents is 1. The molecule has 2 aromatic carbocycles. The van der Waals surface area contributed by atoms with Gasteiger partial charge in [-0.1, -0.05) is 41.9 Å². The normalized spacial score (nSPS) is 11.3. The maximum Gasteiger partial charge on any atom is 0.359 e. The molecular formula is C19H13ClN4O5. The van der Waals surface area contributed by atoms with E-state index in [0.29, 0.717) is 5.56 Å². The van der Waals surface area contributed by atoms with Gasteiger partial charge in [-0.25, -0.2) is 9.78 Å². The summed E-state index contributed by atoms with van der Waals surface area (Å²) in [7, 11) is 0. The van der Waals surface area contributed by atoms with Gasteiger partial charge in [0.05, 0.1) is 21.8 Å². The molecule has 0 unspecified atom stereocenters. The number of ether oxygens (including phenoxy) is 1. The van der Waals surface area contributed by atoms with Crippen LogP contribution in [0.1, 0.15) is 22.2 Å². The van der Waals surface area contributed by atoms with Gasteiger partial charge in [-0.3, -0.25) is 19.9 Å². The lowest BCUT2D eigenvalue weighted by Crippen LogP contribution is -2.26. The van der Waals surface area contributed by atoms with Crippen molar-refractivity contribution in [1.82, 2.24) is 9.97 Å². The van der Waals surface area contributed by atoms with Gasteiger partial charge in [0.25, 0.3) is 11.6 Å². The van der Waals surface area contributed by atoms with E-state index < -0.39 is 22.9 Å². The molecule has 0 spiro atoms. The summed E-state index contributed by atoms with van der Waals surface area (Å²) in [6.07, 6.45) is 2.63. The minimum atomic E-state index is -1.31. The van der Waals surface area contributed by atoms with Gasteiger partial charge < -0.3 is 10.1 Å². The zero-order valence-corrected chi connectivity index (χ0v) is 15.4. The molecule has 3 rings (SSSR count). The molecule has 29 heavy (non-hydrogen) atoms. The number of aromatic nitrogens is 2. The van der Waals surface area contributed by atoms with Gasteiger partial charge in [-0.15, -0.1) is 0 Å². The quantitative estimate of drug-likeness (QED) is 0.372. The second-order valence-electron chi connectivity index (χ2n) is 5.70. The average Bonchev–Trinajstić information content (AvgIpc) is 2.74. The number of rotatable bonds is 6. The maximum absolute atomic E-state index is 12.8. The Bertz CT molecular complexity index is 1050. The number of hydrogen-bond acceptors (Lipinski definition) is 7. The van der Waals surface area contributed by atoms with E-state index in [1.165, 1.54) is 30.7 Å². The Kier molecular flexibility index (Phi) is 6.10. The molecule has 0 aliphatic carbocycles. The number of hydrogen-bond donors (Lipinski definition) is 1. The van der Waals surface area contributed by atoms with Crippen LogP contribution in [0.15, 0.2) is 67.1 Å². The van der Waals surface area contributed by atoms with Crippen molar-refractivity contribution in [3.05, 3.63) is 93.5 Å². The van der Waals surface area contributed by atoms with Gasteiger partial charge in [0.2, 0.25) is 6.10 Å². The highest BCUT2D eigenvalue weighted by atomic mass is 35.5. The SMILES string of the molecule is O=C(O[C@H](C(=O)Nc1ccc([N+](=O)[O-])cc1Cl)c1ccccc1)c1cnccn1. The summed E-state index contributed by atoms with van der Waals surface area (Å²) in [6.45, 7) is 0. The molecule has 9 nitrogen and oxygen atoms in total. The third kappa shape index (κ3) is 4.90. The summed E-state index contributed by atoms with van der Waals surface area (Å²) in [4.78, 5) is 43.1. The standard InChI is InChI=1S/C19H13ClN4O5/c20-14-10-13(24(27)28)6-7-15(14)23-18(25)17(12-4-2-1-3-5-12)29-19(26)16-11-21-8-9-22-16/h1-11,17H,(H,23,25)/t17-/m0/s1. The summed E-state index contributed by atoms with van der Waals surface area (Å²) in [5.41, 5.74) is 0.273. The zero-order valence-electron chi connectivity index (χ0n) is 14.7. The second kappa shape index (κ2) is 8.89. The van der Waals surface area contributed by atoms with E-state index in [-0.39, 0.29) is 22.1 Å². The first kappa shape index (κ1) is 19.9. The molecule has 1 aromatic heterocycles. The lowest BCUT2D eigenvalue weighted by molar-refractivity contribution is -0.384. The van der Waals surface area contributed by atoms with E-state index in [4.69, 9.17) is 16.3 Å². The van der Waals surface area contributed by atoms with Crippen LogP contribution in [0.5, 0.6) is 0 Å². The van der Waals surface area contributed by atoms with Crippen LogP contribution >= 0.6 is 11.6 Å². The van der Waals surface area contributed by atoms with Gasteiger partial charge in [0, 0.05) is 30.1 Å². The number of nitrogens with zero attached hydrogens (tertiary/aromatic N) is 3. The minimum absolute atomic E-state index is 0.0281. The number of nitro groups is 1. The summed E-state index contributed by atoms with van der Waals surface area (Å²) >= 11 is 6.02. The number of esters is 1. The maximum atomic E-state index is 12.8. The van der Waals surface area contributed by atoms with Crippen molar-refractivity contribution in [2.24, 2.45) is 0 Å². The van der Waals surface area contributed by atoms with Crippen LogP contribution in [0, 0.1) is 10.1 Å². The van der Waals surface area contributed by atoms with Crippen molar-refractivity contribution in [3.8, 4) is 0 Å². The molecule has 0 fully saturated rings. The van der Waals surface area contributed by atoms with Crippen molar-refractivity contribution in [2.45, 2.75) is 6.10 Å². The Labute approximate surface area is 169 Å². The van der Waals surface area contributed by atoms with E-state index in [1.54, 1.807) is 30.3 Å². The Hall–Kier alpha value is -3.85. The molecule has 0 aliphatic rings. The smallest absolute Gasteiger partial charge is 0.359 e. The van der Waals surface area contributed by atoms with E-state index in [0.717, 1.165) is 6.07 Å². The molecular weight excluding hydrogens is 400 g/mol. The number of amides is 1. The first-order valence-electron chi connectivity index (χ1n) is 8.22. The molecule has 1 amide bonds. The van der Waals surface area contributed by atoms with E-state index in [1.807, 2.05) is 0 Å². The van der Waals surface area contributed by atoms with Crippen molar-refractivity contribution in [1.29, 1.82) is 0 Å². The molecule has 0 saturated carbocycles. The molecule has 0 radical (unpaired) electrons. The van der Waals surface area contributed by atoms with Crippen molar-refractivity contribution in [2.75, 3.05) is 5.32 Å². The van der Waals surface area contributed by atoms with Gasteiger partial charge >= 0.3 is 5.97 Å². The van der Waals surface area contributed by atoms with Gasteiger partial charge in [-0.05, 0) is 6.07 Å². The van der Waals surface area contributed by atoms with Crippen molar-refractivity contribution >= 4 is 34.9 Å². The third-order valence-corrected chi connectivity index (χ3v) is 4.07. The van der Waals surface area contributed by atoms with Gasteiger partial charge in [-0.2, -0.15) is 0 Å². The highest BCUT2D eigenvalue weighted by molar-refractivity contribution is 6.34. The number of nitro benzene ring substituents is 1. The largest absolute Gasteiger partial charge is 0.443 e. The van der Waals surface area contributed by atoms with Crippen LogP contribution in [0.3, 0.4) is 0 Å². The highest BCUT2D eigenvalue weighted by Gasteiger charge is 2.27. The lowest BCUT2D eigenvalue weighted by atomic mass is 10.1. The summed E-state index contributed by atoms with van der Waals surface area (Å²) in [6, 6.07) is 12.0. The average molecular weight is 413 g/mol. The van der Waals surface area contributed by atoms with Gasteiger partial charge in [0.1, 0.15) is 0 Å². The predicted molar refractivity (Wildman–Crippen MR) is 103 cm³/mol. The summed E-state index contributed by atoms with van der Waals surface area (Å²) in [5, 5.41) is 13.3. The minimum Gasteiger partial charge on any atom is -0.443 e. The van der Waals surface area contributed by atoms with Crippen LogP contribution < -0.4 is 5.32 Å². The van der Waals surface area contributed by atoms with Crippen molar-refractivity contribution < 1.29 is 19.2 Å². The monoisotopic (exact) mass is 412 g/mol. The number of carbonyl (C=O) groups excluding carboxylic acids is 2. The molecule has 0 bridgehead atoms. The Morgan fingerprint density at radius 2 is 1.90 bits per heavy atom. The molecule has 0 saturated heterocycles. The first-order valence-corrected chi connectivity index (χ1v) is 8.60. The number of benzene rings is 2. The molecule has 1 heterocycles. The molecule has 1 atom stereocenters. The van der Waals surface area contributed by atoms with E-state index in [2.05, 4.69) is 15.3 Å². The van der Waals surface area contributed by atoms with Crippen LogP contribution in [0.25, 0.3) is 0 Å². The number of carbonyl (C=O) groups is 2. The topological polar surface area (TPSA) is 124 Å². The number of halogens is 1. The van der Waals surface area contributed by atoms with Crippen LogP contribution in [-0.2, 0) is 9.53 Å². The second-order valence-corrected chi connectivity index (χ2v) is 6.10. The summed E-state index contributed by atoms with van der Waals surface area (Å²) in [5.74, 6) is -1.53. The molecule has 1 N–H and O–H groups in total. The third-order valence-electron chi connectivity index (χ3n) is 3.76. The van der Waals surface area contributed by atoms with Gasteiger partial charge in [0.15, 0.2) is 5.69 Å². The molecule has 3 aromatic rings.